The van der Waals surface area contributed by atoms with E-state index in [0.29, 0.717) is 0 Å². The zero-order valence-electron chi connectivity index (χ0n) is 38.3. The zero-order chi connectivity index (χ0) is 46.4. The fourth-order valence-corrected chi connectivity index (χ4v) is 10.4. The van der Waals surface area contributed by atoms with Gasteiger partial charge < -0.3 is 18.9 Å². The summed E-state index contributed by atoms with van der Waals surface area (Å²) in [5.74, 6) is 0. The Labute approximate surface area is 407 Å². The van der Waals surface area contributed by atoms with Crippen molar-refractivity contribution in [3.8, 4) is 33.6 Å². The van der Waals surface area contributed by atoms with Crippen LogP contribution in [0.4, 0.5) is 34.1 Å². The third-order valence-electron chi connectivity index (χ3n) is 13.7. The lowest BCUT2D eigenvalue weighted by atomic mass is 9.99. The van der Waals surface area contributed by atoms with Crippen LogP contribution in [0.25, 0.3) is 77.2 Å². The van der Waals surface area contributed by atoms with E-state index in [1.54, 1.807) is 0 Å². The van der Waals surface area contributed by atoms with Gasteiger partial charge in [0.15, 0.2) is 0 Å². The predicted octanol–water partition coefficient (Wildman–Crippen LogP) is 18.2. The lowest BCUT2D eigenvalue weighted by Gasteiger charge is -2.26. The van der Waals surface area contributed by atoms with E-state index < -0.39 is 0 Å². The molecule has 0 unspecified atom stereocenters. The molecule has 0 aliphatic heterocycles. The molecule has 0 saturated heterocycles. The van der Waals surface area contributed by atoms with Crippen molar-refractivity contribution in [3.05, 3.63) is 279 Å². The summed E-state index contributed by atoms with van der Waals surface area (Å²) in [7, 11) is 0. The monoisotopic (exact) mass is 894 g/mol. The summed E-state index contributed by atoms with van der Waals surface area (Å²) in [5.41, 5.74) is 18.4. The van der Waals surface area contributed by atoms with Gasteiger partial charge in [0.05, 0.1) is 22.1 Å². The maximum absolute atomic E-state index is 2.37. The van der Waals surface area contributed by atoms with Gasteiger partial charge >= 0.3 is 0 Å². The number of anilines is 6. The van der Waals surface area contributed by atoms with Crippen molar-refractivity contribution in [2.75, 3.05) is 9.80 Å². The van der Waals surface area contributed by atoms with Crippen LogP contribution in [0.3, 0.4) is 0 Å². The maximum Gasteiger partial charge on any atom is 0.0541 e. The molecular weight excluding hydrogens is 849 g/mol. The number of hydrogen-bond donors (Lipinski definition) is 0. The molecule has 70 heavy (non-hydrogen) atoms. The SMILES string of the molecule is c1ccc(N(c2ccc(-c3ccc(-c4ccc(N(c5ccccc5)c5ccc(-n6c7ccccc7c7ccccc76)cc5)cc4)cc3)cc2)c2ccc(-n3c4ccccc4c4ccccc43)cc2)cc1. The number of benzene rings is 11. The van der Waals surface area contributed by atoms with E-state index in [9.17, 15) is 0 Å². The largest absolute Gasteiger partial charge is 0.311 e. The highest BCUT2D eigenvalue weighted by Crippen LogP contribution is 2.40. The van der Waals surface area contributed by atoms with Gasteiger partial charge in [0, 0.05) is 67.0 Å². The summed E-state index contributed by atoms with van der Waals surface area (Å²) < 4.78 is 4.73. The van der Waals surface area contributed by atoms with Crippen LogP contribution in [-0.4, -0.2) is 9.13 Å². The molecule has 330 valence electrons. The number of rotatable bonds is 10. The van der Waals surface area contributed by atoms with E-state index in [-0.39, 0.29) is 0 Å². The molecule has 0 bridgehead atoms. The van der Waals surface area contributed by atoms with Crippen LogP contribution in [0.5, 0.6) is 0 Å². The third-order valence-corrected chi connectivity index (χ3v) is 13.7. The maximum atomic E-state index is 2.37. The van der Waals surface area contributed by atoms with E-state index in [4.69, 9.17) is 0 Å². The Balaban J connectivity index is 0.760. The normalized spacial score (nSPS) is 11.4. The van der Waals surface area contributed by atoms with E-state index in [1.807, 2.05) is 0 Å². The molecule has 0 atom stereocenters. The van der Waals surface area contributed by atoms with Crippen LogP contribution >= 0.6 is 0 Å². The van der Waals surface area contributed by atoms with Crippen molar-refractivity contribution in [1.29, 1.82) is 0 Å². The number of fused-ring (bicyclic) bond motifs is 6. The van der Waals surface area contributed by atoms with Gasteiger partial charge in [-0.25, -0.2) is 0 Å². The number of nitrogens with zero attached hydrogens (tertiary/aromatic N) is 4. The summed E-state index contributed by atoms with van der Waals surface area (Å²) in [6.07, 6.45) is 0. The quantitative estimate of drug-likeness (QED) is 0.136. The molecule has 2 aromatic heterocycles. The molecule has 0 aliphatic rings. The Bertz CT molecular complexity index is 3580. The van der Waals surface area contributed by atoms with E-state index in [2.05, 4.69) is 298 Å². The van der Waals surface area contributed by atoms with Crippen LogP contribution in [0.2, 0.25) is 0 Å². The van der Waals surface area contributed by atoms with Gasteiger partial charge in [-0.1, -0.05) is 158 Å². The number of hydrogen-bond acceptors (Lipinski definition) is 2. The Morgan fingerprint density at radius 3 is 0.686 bits per heavy atom. The molecule has 13 rings (SSSR count). The molecule has 4 nitrogen and oxygen atoms in total. The van der Waals surface area contributed by atoms with E-state index >= 15 is 0 Å². The molecule has 0 spiro atoms. The Morgan fingerprint density at radius 2 is 0.400 bits per heavy atom. The molecule has 0 aliphatic carbocycles. The van der Waals surface area contributed by atoms with E-state index in [1.165, 1.54) is 65.9 Å². The van der Waals surface area contributed by atoms with Crippen molar-refractivity contribution in [2.45, 2.75) is 0 Å². The van der Waals surface area contributed by atoms with Gasteiger partial charge in [0.1, 0.15) is 0 Å². The first-order chi connectivity index (χ1) is 34.7. The van der Waals surface area contributed by atoms with Gasteiger partial charge in [-0.15, -0.1) is 0 Å². The molecule has 11 aromatic carbocycles. The first-order valence-corrected chi connectivity index (χ1v) is 23.9. The molecule has 0 N–H and O–H groups in total. The number of aromatic nitrogens is 2. The molecule has 0 radical (unpaired) electrons. The standard InChI is InChI=1S/C66H46N4/c1-3-15-51(16-4-1)67(55-39-43-57(44-40-55)69-63-23-11-7-19-59(63)60-20-8-12-24-64(60)69)53-35-31-49(32-36-53)47-27-29-48(30-28-47)50-33-37-54(38-34-50)68(52-17-5-2-6-18-52)56-41-45-58(46-42-56)70-65-25-13-9-21-61(65)62-22-10-14-26-66(62)70/h1-46H. The predicted molar refractivity (Wildman–Crippen MR) is 295 cm³/mol. The van der Waals surface area contributed by atoms with Crippen LogP contribution in [0.1, 0.15) is 0 Å². The zero-order valence-corrected chi connectivity index (χ0v) is 38.3. The average Bonchev–Trinajstić information content (AvgIpc) is 3.96. The third kappa shape index (κ3) is 7.18. The van der Waals surface area contributed by atoms with Gasteiger partial charge in [-0.3, -0.25) is 0 Å². The highest BCUT2D eigenvalue weighted by atomic mass is 15.1. The average molecular weight is 895 g/mol. The Kier molecular flexibility index (Phi) is 10.1. The minimum atomic E-state index is 1.10. The molecule has 2 heterocycles. The molecule has 0 fully saturated rings. The molecule has 4 heteroatoms. The van der Waals surface area contributed by atoms with E-state index in [0.717, 1.165) is 45.5 Å². The molecule has 13 aromatic rings. The fourth-order valence-electron chi connectivity index (χ4n) is 10.4. The van der Waals surface area contributed by atoms with Gasteiger partial charge in [0.25, 0.3) is 0 Å². The molecule has 0 saturated carbocycles. The Hall–Kier alpha value is -9.38. The highest BCUT2D eigenvalue weighted by Gasteiger charge is 2.18. The van der Waals surface area contributed by atoms with Crippen LogP contribution in [0.15, 0.2) is 279 Å². The van der Waals surface area contributed by atoms with Crippen molar-refractivity contribution >= 4 is 77.7 Å². The summed E-state index contributed by atoms with van der Waals surface area (Å²) in [6.45, 7) is 0. The van der Waals surface area contributed by atoms with Crippen molar-refractivity contribution in [2.24, 2.45) is 0 Å². The highest BCUT2D eigenvalue weighted by molar-refractivity contribution is 6.10. The fraction of sp³-hybridized carbons (Fsp3) is 0. The summed E-state index contributed by atoms with van der Waals surface area (Å²) >= 11 is 0. The molecule has 0 amide bonds. The van der Waals surface area contributed by atoms with Crippen molar-refractivity contribution < 1.29 is 0 Å². The minimum absolute atomic E-state index is 1.10. The van der Waals surface area contributed by atoms with Crippen LogP contribution < -0.4 is 9.80 Å². The van der Waals surface area contributed by atoms with Gasteiger partial charge in [0.2, 0.25) is 0 Å². The van der Waals surface area contributed by atoms with Crippen LogP contribution in [0, 0.1) is 0 Å². The topological polar surface area (TPSA) is 16.3 Å². The summed E-state index contributed by atoms with van der Waals surface area (Å²) in [4.78, 5) is 4.65. The smallest absolute Gasteiger partial charge is 0.0541 e. The van der Waals surface area contributed by atoms with Crippen molar-refractivity contribution in [1.82, 2.24) is 9.13 Å². The first kappa shape index (κ1) is 40.9. The first-order valence-electron chi connectivity index (χ1n) is 23.9. The van der Waals surface area contributed by atoms with Crippen molar-refractivity contribution in [3.63, 3.8) is 0 Å². The summed E-state index contributed by atoms with van der Waals surface area (Å²) in [6, 6.07) is 101. The minimum Gasteiger partial charge on any atom is -0.311 e. The Morgan fingerprint density at radius 1 is 0.186 bits per heavy atom. The van der Waals surface area contributed by atoms with Gasteiger partial charge in [-0.05, 0) is 144 Å². The van der Waals surface area contributed by atoms with Gasteiger partial charge in [-0.2, -0.15) is 0 Å². The second-order valence-electron chi connectivity index (χ2n) is 17.8. The molecular formula is C66H46N4. The van der Waals surface area contributed by atoms with Crippen LogP contribution in [-0.2, 0) is 0 Å². The second-order valence-corrected chi connectivity index (χ2v) is 17.8. The second kappa shape index (κ2) is 17.4. The summed E-state index contributed by atoms with van der Waals surface area (Å²) in [5, 5.41) is 5.05. The number of para-hydroxylation sites is 6. The lowest BCUT2D eigenvalue weighted by molar-refractivity contribution is 1.17. The lowest BCUT2D eigenvalue weighted by Crippen LogP contribution is -2.10.